The summed E-state index contributed by atoms with van der Waals surface area (Å²) in [5, 5.41) is 2.76. The SMILES string of the molecule is COc1ccc(N2CC(=O)NC(CC(C)C)C2=O)cc1. The number of hydrogen-bond donors (Lipinski definition) is 1. The predicted octanol–water partition coefficient (Wildman–Crippen LogP) is 1.57. The Bertz CT molecular complexity index is 496. The summed E-state index contributed by atoms with van der Waals surface area (Å²) in [6.07, 6.45) is 0.650. The maximum atomic E-state index is 12.4. The number of rotatable bonds is 4. The quantitative estimate of drug-likeness (QED) is 0.908. The molecule has 20 heavy (non-hydrogen) atoms. The smallest absolute Gasteiger partial charge is 0.250 e. The van der Waals surface area contributed by atoms with Crippen molar-refractivity contribution in [1.29, 1.82) is 0 Å². The van der Waals surface area contributed by atoms with Crippen molar-refractivity contribution in [3.8, 4) is 5.75 Å². The summed E-state index contributed by atoms with van der Waals surface area (Å²) in [5.41, 5.74) is 0.722. The van der Waals surface area contributed by atoms with Crippen LogP contribution < -0.4 is 15.0 Å². The number of carbonyl (C=O) groups excluding carboxylic acids is 2. The number of methoxy groups -OCH3 is 1. The summed E-state index contributed by atoms with van der Waals surface area (Å²) in [5.74, 6) is 0.899. The van der Waals surface area contributed by atoms with E-state index < -0.39 is 6.04 Å². The molecule has 0 spiro atoms. The molecular weight excluding hydrogens is 256 g/mol. The van der Waals surface area contributed by atoms with Gasteiger partial charge in [0.1, 0.15) is 18.3 Å². The Morgan fingerprint density at radius 2 is 1.95 bits per heavy atom. The van der Waals surface area contributed by atoms with Crippen molar-refractivity contribution >= 4 is 17.5 Å². The van der Waals surface area contributed by atoms with Crippen molar-refractivity contribution in [2.24, 2.45) is 5.92 Å². The van der Waals surface area contributed by atoms with Crippen molar-refractivity contribution in [3.05, 3.63) is 24.3 Å². The fourth-order valence-corrected chi connectivity index (χ4v) is 2.32. The average Bonchev–Trinajstić information content (AvgIpc) is 2.42. The van der Waals surface area contributed by atoms with E-state index in [1.54, 1.807) is 31.4 Å². The predicted molar refractivity (Wildman–Crippen MR) is 76.7 cm³/mol. The molecule has 5 nitrogen and oxygen atoms in total. The van der Waals surface area contributed by atoms with Crippen LogP contribution in [0.2, 0.25) is 0 Å². The Labute approximate surface area is 118 Å². The van der Waals surface area contributed by atoms with E-state index in [0.717, 1.165) is 11.4 Å². The molecule has 1 N–H and O–H groups in total. The first-order valence-corrected chi connectivity index (χ1v) is 6.76. The van der Waals surface area contributed by atoms with Crippen molar-refractivity contribution in [2.75, 3.05) is 18.6 Å². The Morgan fingerprint density at radius 3 is 2.50 bits per heavy atom. The zero-order chi connectivity index (χ0) is 14.7. The number of nitrogens with one attached hydrogen (secondary N) is 1. The standard InChI is InChI=1S/C15H20N2O3/c1-10(2)8-13-15(19)17(9-14(18)16-13)11-4-6-12(20-3)7-5-11/h4-7,10,13H,8-9H2,1-3H3,(H,16,18). The lowest BCUT2D eigenvalue weighted by Crippen LogP contribution is -2.58. The molecule has 1 saturated heterocycles. The van der Waals surface area contributed by atoms with Crippen LogP contribution in [0.5, 0.6) is 5.75 Å². The van der Waals surface area contributed by atoms with Crippen LogP contribution in [0.15, 0.2) is 24.3 Å². The topological polar surface area (TPSA) is 58.6 Å². The molecule has 0 saturated carbocycles. The number of benzene rings is 1. The van der Waals surface area contributed by atoms with Gasteiger partial charge in [-0.3, -0.25) is 9.59 Å². The molecule has 1 aliphatic heterocycles. The van der Waals surface area contributed by atoms with Crippen LogP contribution in [-0.4, -0.2) is 31.5 Å². The first kappa shape index (κ1) is 14.4. The van der Waals surface area contributed by atoms with Crippen LogP contribution in [0.25, 0.3) is 0 Å². The lowest BCUT2D eigenvalue weighted by Gasteiger charge is -2.33. The van der Waals surface area contributed by atoms with Crippen LogP contribution in [0.1, 0.15) is 20.3 Å². The highest BCUT2D eigenvalue weighted by Crippen LogP contribution is 2.22. The summed E-state index contributed by atoms with van der Waals surface area (Å²) >= 11 is 0. The van der Waals surface area contributed by atoms with Crippen LogP contribution in [0.3, 0.4) is 0 Å². The highest BCUT2D eigenvalue weighted by molar-refractivity contribution is 6.06. The summed E-state index contributed by atoms with van der Waals surface area (Å²) < 4.78 is 5.10. The van der Waals surface area contributed by atoms with Gasteiger partial charge in [-0.1, -0.05) is 13.8 Å². The van der Waals surface area contributed by atoms with Gasteiger partial charge >= 0.3 is 0 Å². The Morgan fingerprint density at radius 1 is 1.30 bits per heavy atom. The lowest BCUT2D eigenvalue weighted by atomic mass is 10.0. The van der Waals surface area contributed by atoms with Gasteiger partial charge in [-0.2, -0.15) is 0 Å². The Balaban J connectivity index is 2.20. The maximum absolute atomic E-state index is 12.4. The number of piperazine rings is 1. The molecule has 1 unspecified atom stereocenters. The highest BCUT2D eigenvalue weighted by Gasteiger charge is 2.33. The van der Waals surface area contributed by atoms with Gasteiger partial charge in [0.25, 0.3) is 0 Å². The minimum atomic E-state index is -0.432. The van der Waals surface area contributed by atoms with Crippen molar-refractivity contribution in [2.45, 2.75) is 26.3 Å². The van der Waals surface area contributed by atoms with Gasteiger partial charge in [-0.15, -0.1) is 0 Å². The molecule has 0 bridgehead atoms. The molecule has 108 valence electrons. The summed E-state index contributed by atoms with van der Waals surface area (Å²) in [6, 6.07) is 6.72. The highest BCUT2D eigenvalue weighted by atomic mass is 16.5. The minimum Gasteiger partial charge on any atom is -0.497 e. The molecule has 1 aromatic carbocycles. The van der Waals surface area contributed by atoms with Crippen molar-refractivity contribution in [3.63, 3.8) is 0 Å². The fraction of sp³-hybridized carbons (Fsp3) is 0.467. The van der Waals surface area contributed by atoms with E-state index in [1.807, 2.05) is 13.8 Å². The Hall–Kier alpha value is -2.04. The number of hydrogen-bond acceptors (Lipinski definition) is 3. The molecule has 0 aromatic heterocycles. The number of nitrogens with zero attached hydrogens (tertiary/aromatic N) is 1. The first-order valence-electron chi connectivity index (χ1n) is 6.76. The van der Waals surface area contributed by atoms with E-state index in [-0.39, 0.29) is 18.4 Å². The van der Waals surface area contributed by atoms with E-state index in [2.05, 4.69) is 5.32 Å². The van der Waals surface area contributed by atoms with Crippen LogP contribution in [0.4, 0.5) is 5.69 Å². The summed E-state index contributed by atoms with van der Waals surface area (Å²) in [6.45, 7) is 4.14. The molecule has 1 aromatic rings. The third kappa shape index (κ3) is 3.10. The first-order chi connectivity index (χ1) is 9.51. The second-order valence-corrected chi connectivity index (χ2v) is 5.37. The van der Waals surface area contributed by atoms with Crippen molar-refractivity contribution in [1.82, 2.24) is 5.32 Å². The molecule has 1 atom stereocenters. The average molecular weight is 276 g/mol. The molecule has 1 heterocycles. The molecule has 1 aliphatic rings. The minimum absolute atomic E-state index is 0.0523. The second kappa shape index (κ2) is 5.94. The zero-order valence-corrected chi connectivity index (χ0v) is 12.1. The normalized spacial score (nSPS) is 19.2. The van der Waals surface area contributed by atoms with Gasteiger partial charge in [0, 0.05) is 5.69 Å². The van der Waals surface area contributed by atoms with Gasteiger partial charge in [0.15, 0.2) is 0 Å². The zero-order valence-electron chi connectivity index (χ0n) is 12.1. The molecule has 0 radical (unpaired) electrons. The summed E-state index contributed by atoms with van der Waals surface area (Å²) in [4.78, 5) is 25.8. The maximum Gasteiger partial charge on any atom is 0.250 e. The number of ether oxygens (including phenoxy) is 1. The van der Waals surface area contributed by atoms with Crippen LogP contribution >= 0.6 is 0 Å². The molecular formula is C15H20N2O3. The van der Waals surface area contributed by atoms with Gasteiger partial charge < -0.3 is 15.0 Å². The van der Waals surface area contributed by atoms with E-state index in [1.165, 1.54) is 4.90 Å². The molecule has 2 rings (SSSR count). The second-order valence-electron chi connectivity index (χ2n) is 5.37. The third-order valence-corrected chi connectivity index (χ3v) is 3.29. The van der Waals surface area contributed by atoms with E-state index in [9.17, 15) is 9.59 Å². The molecule has 5 heteroatoms. The molecule has 2 amide bonds. The van der Waals surface area contributed by atoms with E-state index in [4.69, 9.17) is 4.74 Å². The molecule has 0 aliphatic carbocycles. The number of amides is 2. The monoisotopic (exact) mass is 276 g/mol. The number of anilines is 1. The largest absolute Gasteiger partial charge is 0.497 e. The fourth-order valence-electron chi connectivity index (χ4n) is 2.32. The van der Waals surface area contributed by atoms with Crippen molar-refractivity contribution < 1.29 is 14.3 Å². The van der Waals surface area contributed by atoms with Gasteiger partial charge in [-0.25, -0.2) is 0 Å². The van der Waals surface area contributed by atoms with Crippen LogP contribution in [-0.2, 0) is 9.59 Å². The van der Waals surface area contributed by atoms with E-state index >= 15 is 0 Å². The van der Waals surface area contributed by atoms with E-state index in [0.29, 0.717) is 12.3 Å². The Kier molecular flexibility index (Phi) is 4.27. The third-order valence-electron chi connectivity index (χ3n) is 3.29. The van der Waals surface area contributed by atoms with Crippen LogP contribution in [0, 0.1) is 5.92 Å². The lowest BCUT2D eigenvalue weighted by molar-refractivity contribution is -0.131. The molecule has 1 fully saturated rings. The van der Waals surface area contributed by atoms with Gasteiger partial charge in [0.05, 0.1) is 7.11 Å². The number of carbonyl (C=O) groups is 2. The summed E-state index contributed by atoms with van der Waals surface area (Å²) in [7, 11) is 1.59. The van der Waals surface area contributed by atoms with Gasteiger partial charge in [-0.05, 0) is 36.6 Å². The van der Waals surface area contributed by atoms with Gasteiger partial charge in [0.2, 0.25) is 11.8 Å².